The highest BCUT2D eigenvalue weighted by Gasteiger charge is 2.39. The largest absolute Gasteiger partial charge is 0.433 e. The Labute approximate surface area is 194 Å². The molecule has 2 heterocycles. The number of hydroxylamine groups is 2. The van der Waals surface area contributed by atoms with E-state index in [0.29, 0.717) is 30.4 Å². The van der Waals surface area contributed by atoms with Gasteiger partial charge >= 0.3 is 6.18 Å². The van der Waals surface area contributed by atoms with Crippen LogP contribution in [-0.4, -0.2) is 63.4 Å². The van der Waals surface area contributed by atoms with E-state index in [-0.39, 0.29) is 36.9 Å². The van der Waals surface area contributed by atoms with Crippen molar-refractivity contribution in [3.8, 4) is 0 Å². The molecule has 1 aromatic rings. The van der Waals surface area contributed by atoms with Crippen molar-refractivity contribution in [3.63, 3.8) is 0 Å². The average molecular weight is 484 g/mol. The Balaban J connectivity index is 1.67. The molecule has 0 radical (unpaired) electrons. The van der Waals surface area contributed by atoms with E-state index < -0.39 is 35.6 Å². The second kappa shape index (κ2) is 10.9. The van der Waals surface area contributed by atoms with Crippen LogP contribution < -0.4 is 5.32 Å². The zero-order chi connectivity index (χ0) is 24.9. The molecule has 0 spiro atoms. The lowest BCUT2D eigenvalue weighted by atomic mass is 9.91. The van der Waals surface area contributed by atoms with Crippen molar-refractivity contribution >= 4 is 24.1 Å². The van der Waals surface area contributed by atoms with Crippen LogP contribution in [-0.2, 0) is 20.6 Å². The van der Waals surface area contributed by atoms with Crippen LogP contribution in [0.15, 0.2) is 18.3 Å². The Bertz CT molecular complexity index is 903. The van der Waals surface area contributed by atoms with E-state index in [1.807, 2.05) is 0 Å². The number of likely N-dealkylation sites (tertiary alicyclic amines) is 1. The summed E-state index contributed by atoms with van der Waals surface area (Å²) < 4.78 is 38.0. The normalized spacial score (nSPS) is 19.6. The maximum absolute atomic E-state index is 13.3. The van der Waals surface area contributed by atoms with Crippen molar-refractivity contribution in [1.29, 1.82) is 0 Å². The first-order valence-corrected chi connectivity index (χ1v) is 11.2. The number of nitrogens with one attached hydrogen (secondary N) is 1. The lowest BCUT2D eigenvalue weighted by molar-refractivity contribution is -0.158. The summed E-state index contributed by atoms with van der Waals surface area (Å²) in [7, 11) is 0. The summed E-state index contributed by atoms with van der Waals surface area (Å²) in [4.78, 5) is 53.9. The molecule has 186 valence electrons. The number of amides is 4. The van der Waals surface area contributed by atoms with Crippen molar-refractivity contribution < 1.29 is 37.6 Å². The SMILES string of the molecule is O=CN(O)C[C@@H](CC1CCCC1)C(=O)N1CCC[C@@H]1C(=O)NC(=O)c1ccc(C(F)(F)F)nc1. The van der Waals surface area contributed by atoms with E-state index in [0.717, 1.165) is 37.9 Å². The van der Waals surface area contributed by atoms with Gasteiger partial charge in [0.25, 0.3) is 5.91 Å². The fourth-order valence-corrected chi connectivity index (χ4v) is 4.67. The summed E-state index contributed by atoms with van der Waals surface area (Å²) >= 11 is 0. The quantitative estimate of drug-likeness (QED) is 0.253. The number of pyridine rings is 1. The highest BCUT2D eigenvalue weighted by atomic mass is 19.4. The second-order valence-electron chi connectivity index (χ2n) is 8.75. The Hall–Kier alpha value is -3.02. The van der Waals surface area contributed by atoms with Crippen LogP contribution in [0.3, 0.4) is 0 Å². The highest BCUT2D eigenvalue weighted by Crippen LogP contribution is 2.32. The molecule has 2 N–H and O–H groups in total. The molecule has 1 aliphatic heterocycles. The lowest BCUT2D eigenvalue weighted by Gasteiger charge is -2.30. The van der Waals surface area contributed by atoms with Gasteiger partial charge in [0.05, 0.1) is 18.0 Å². The van der Waals surface area contributed by atoms with Crippen molar-refractivity contribution in [2.75, 3.05) is 13.1 Å². The first-order chi connectivity index (χ1) is 16.1. The third-order valence-corrected chi connectivity index (χ3v) is 6.36. The molecule has 2 atom stereocenters. The Morgan fingerprint density at radius 3 is 2.50 bits per heavy atom. The number of aromatic nitrogens is 1. The van der Waals surface area contributed by atoms with Gasteiger partial charge in [-0.25, -0.2) is 5.06 Å². The van der Waals surface area contributed by atoms with Gasteiger partial charge in [0.1, 0.15) is 11.7 Å². The van der Waals surface area contributed by atoms with Crippen LogP contribution in [0, 0.1) is 11.8 Å². The molecule has 34 heavy (non-hydrogen) atoms. The topological polar surface area (TPSA) is 120 Å². The van der Waals surface area contributed by atoms with Gasteiger partial charge in [-0.05, 0) is 37.3 Å². The van der Waals surface area contributed by atoms with E-state index in [4.69, 9.17) is 0 Å². The van der Waals surface area contributed by atoms with Gasteiger partial charge < -0.3 is 4.90 Å². The number of carbonyl (C=O) groups is 4. The third-order valence-electron chi connectivity index (χ3n) is 6.36. The number of hydrogen-bond donors (Lipinski definition) is 2. The first kappa shape index (κ1) is 25.6. The second-order valence-corrected chi connectivity index (χ2v) is 8.75. The zero-order valence-electron chi connectivity index (χ0n) is 18.5. The van der Waals surface area contributed by atoms with Gasteiger partial charge in [-0.2, -0.15) is 13.2 Å². The molecule has 1 aliphatic carbocycles. The van der Waals surface area contributed by atoms with Crippen molar-refractivity contribution in [3.05, 3.63) is 29.6 Å². The molecule has 0 aromatic carbocycles. The standard InChI is InChI=1S/C22H27F3N4O5/c23-22(24,25)18-8-7-15(11-26-18)19(31)27-20(32)17-6-3-9-29(17)21(33)16(12-28(34)13-30)10-14-4-1-2-5-14/h7-8,11,13-14,16-17,34H,1-6,9-10,12H2,(H,27,31,32)/t16-,17-/m1/s1. The van der Waals surface area contributed by atoms with E-state index >= 15 is 0 Å². The van der Waals surface area contributed by atoms with Crippen molar-refractivity contribution in [2.45, 2.75) is 57.2 Å². The number of rotatable bonds is 8. The van der Waals surface area contributed by atoms with Gasteiger partial charge in [0.15, 0.2) is 0 Å². The van der Waals surface area contributed by atoms with Crippen LogP contribution >= 0.6 is 0 Å². The fourth-order valence-electron chi connectivity index (χ4n) is 4.67. The molecule has 2 fully saturated rings. The van der Waals surface area contributed by atoms with E-state index in [2.05, 4.69) is 10.3 Å². The highest BCUT2D eigenvalue weighted by molar-refractivity contribution is 6.06. The minimum absolute atomic E-state index is 0.195. The monoisotopic (exact) mass is 484 g/mol. The van der Waals surface area contributed by atoms with Crippen LogP contribution in [0.1, 0.15) is 61.0 Å². The maximum Gasteiger partial charge on any atom is 0.433 e. The van der Waals surface area contributed by atoms with Gasteiger partial charge in [-0.3, -0.25) is 34.7 Å². The van der Waals surface area contributed by atoms with Crippen molar-refractivity contribution in [2.24, 2.45) is 11.8 Å². The zero-order valence-corrected chi connectivity index (χ0v) is 18.5. The van der Waals surface area contributed by atoms with Crippen LogP contribution in [0.4, 0.5) is 13.2 Å². The Morgan fingerprint density at radius 2 is 1.91 bits per heavy atom. The minimum Gasteiger partial charge on any atom is -0.330 e. The average Bonchev–Trinajstić information content (AvgIpc) is 3.49. The van der Waals surface area contributed by atoms with Crippen LogP contribution in [0.2, 0.25) is 0 Å². The fraction of sp³-hybridized carbons (Fsp3) is 0.591. The molecule has 12 heteroatoms. The molecule has 9 nitrogen and oxygen atoms in total. The van der Waals surface area contributed by atoms with Gasteiger partial charge in [0.2, 0.25) is 18.2 Å². The number of carbonyl (C=O) groups excluding carboxylic acids is 4. The molecule has 3 rings (SSSR count). The summed E-state index contributed by atoms with van der Waals surface area (Å²) in [6, 6.07) is 0.628. The number of nitrogens with zero attached hydrogens (tertiary/aromatic N) is 3. The molecular formula is C22H27F3N4O5. The van der Waals surface area contributed by atoms with Crippen LogP contribution in [0.25, 0.3) is 0 Å². The number of hydrogen-bond acceptors (Lipinski definition) is 6. The van der Waals surface area contributed by atoms with Crippen LogP contribution in [0.5, 0.6) is 0 Å². The molecule has 2 aliphatic rings. The molecule has 1 saturated heterocycles. The molecule has 0 bridgehead atoms. The number of halogens is 3. The number of alkyl halides is 3. The summed E-state index contributed by atoms with van der Waals surface area (Å²) in [6.45, 7) is 0.0838. The first-order valence-electron chi connectivity index (χ1n) is 11.2. The predicted molar refractivity (Wildman–Crippen MR) is 111 cm³/mol. The maximum atomic E-state index is 13.3. The van der Waals surface area contributed by atoms with Gasteiger partial charge in [0, 0.05) is 12.7 Å². The smallest absolute Gasteiger partial charge is 0.330 e. The molecule has 1 saturated carbocycles. The third kappa shape index (κ3) is 6.31. The van der Waals surface area contributed by atoms with Gasteiger partial charge in [-0.15, -0.1) is 0 Å². The molecule has 0 unspecified atom stereocenters. The summed E-state index contributed by atoms with van der Waals surface area (Å²) in [5.74, 6) is -2.45. The summed E-state index contributed by atoms with van der Waals surface area (Å²) in [5.41, 5.74) is -1.39. The molecular weight excluding hydrogens is 457 g/mol. The van der Waals surface area contributed by atoms with Gasteiger partial charge in [-0.1, -0.05) is 25.7 Å². The lowest BCUT2D eigenvalue weighted by Crippen LogP contribution is -2.50. The molecule has 4 amide bonds. The van der Waals surface area contributed by atoms with E-state index in [1.54, 1.807) is 0 Å². The predicted octanol–water partition coefficient (Wildman–Crippen LogP) is 2.39. The number of imide groups is 1. The molecule has 1 aromatic heterocycles. The summed E-state index contributed by atoms with van der Waals surface area (Å²) in [5, 5.41) is 12.2. The van der Waals surface area contributed by atoms with E-state index in [1.165, 1.54) is 4.90 Å². The Morgan fingerprint density at radius 1 is 1.21 bits per heavy atom. The Kier molecular flexibility index (Phi) is 8.24. The summed E-state index contributed by atoms with van der Waals surface area (Å²) in [6.07, 6.45) is 1.62. The van der Waals surface area contributed by atoms with E-state index in [9.17, 15) is 37.6 Å². The minimum atomic E-state index is -4.65. The van der Waals surface area contributed by atoms with Crippen molar-refractivity contribution in [1.82, 2.24) is 20.3 Å².